The first-order valence-corrected chi connectivity index (χ1v) is 8.31. The summed E-state index contributed by atoms with van der Waals surface area (Å²) in [4.78, 5) is 30.5. The van der Waals surface area contributed by atoms with Gasteiger partial charge in [0.15, 0.2) is 0 Å². The lowest BCUT2D eigenvalue weighted by molar-refractivity contribution is 0.0697. The normalized spacial score (nSPS) is 14.8. The first-order valence-electron chi connectivity index (χ1n) is 8.31. The monoisotopic (exact) mass is 339 g/mol. The van der Waals surface area contributed by atoms with Crippen LogP contribution >= 0.6 is 0 Å². The molecule has 2 aromatic rings. The molecule has 0 aliphatic carbocycles. The predicted octanol–water partition coefficient (Wildman–Crippen LogP) is 2.12. The largest absolute Gasteiger partial charge is 0.497 e. The average Bonchev–Trinajstić information content (AvgIpc) is 2.68. The molecule has 1 aliphatic rings. The van der Waals surface area contributed by atoms with Crippen molar-refractivity contribution in [2.45, 2.75) is 18.9 Å². The predicted molar refractivity (Wildman–Crippen MR) is 93.6 cm³/mol. The molecule has 0 saturated carbocycles. The first-order chi connectivity index (χ1) is 12.2. The van der Waals surface area contributed by atoms with Crippen LogP contribution in [0.4, 0.5) is 0 Å². The number of piperidine rings is 1. The van der Waals surface area contributed by atoms with E-state index in [0.29, 0.717) is 24.2 Å². The Bertz CT molecular complexity index is 723. The molecule has 1 aromatic heterocycles. The van der Waals surface area contributed by atoms with Gasteiger partial charge in [-0.2, -0.15) is 0 Å². The lowest BCUT2D eigenvalue weighted by Gasteiger charge is -2.32. The fourth-order valence-electron chi connectivity index (χ4n) is 2.91. The highest BCUT2D eigenvalue weighted by atomic mass is 16.5. The highest BCUT2D eigenvalue weighted by Crippen LogP contribution is 2.15. The van der Waals surface area contributed by atoms with Gasteiger partial charge in [-0.15, -0.1) is 0 Å². The maximum Gasteiger partial charge on any atom is 0.255 e. The second-order valence-electron chi connectivity index (χ2n) is 6.01. The number of benzene rings is 1. The summed E-state index contributed by atoms with van der Waals surface area (Å²) >= 11 is 0. The molecule has 0 bridgehead atoms. The van der Waals surface area contributed by atoms with Crippen molar-refractivity contribution in [1.82, 2.24) is 15.2 Å². The summed E-state index contributed by atoms with van der Waals surface area (Å²) in [6, 6.07) is 10.6. The maximum atomic E-state index is 12.4. The summed E-state index contributed by atoms with van der Waals surface area (Å²) in [6.07, 6.45) is 4.72. The molecule has 0 atom stereocenters. The fourth-order valence-corrected chi connectivity index (χ4v) is 2.91. The summed E-state index contributed by atoms with van der Waals surface area (Å²) in [7, 11) is 1.59. The summed E-state index contributed by atoms with van der Waals surface area (Å²) < 4.78 is 5.10. The Morgan fingerprint density at radius 1 is 1.12 bits per heavy atom. The van der Waals surface area contributed by atoms with Crippen molar-refractivity contribution in [3.63, 3.8) is 0 Å². The Hall–Kier alpha value is -2.89. The van der Waals surface area contributed by atoms with Gasteiger partial charge in [-0.3, -0.25) is 14.6 Å². The number of hydrogen-bond donors (Lipinski definition) is 1. The molecule has 1 aliphatic heterocycles. The van der Waals surface area contributed by atoms with Crippen molar-refractivity contribution in [3.8, 4) is 5.75 Å². The summed E-state index contributed by atoms with van der Waals surface area (Å²) in [5.74, 6) is 0.617. The third-order valence-corrected chi connectivity index (χ3v) is 4.38. The van der Waals surface area contributed by atoms with Crippen molar-refractivity contribution in [2.75, 3.05) is 20.2 Å². The van der Waals surface area contributed by atoms with Crippen molar-refractivity contribution in [3.05, 3.63) is 59.9 Å². The van der Waals surface area contributed by atoms with Crippen LogP contribution in [0.3, 0.4) is 0 Å². The fraction of sp³-hybridized carbons (Fsp3) is 0.316. The van der Waals surface area contributed by atoms with E-state index >= 15 is 0 Å². The molecule has 6 heteroatoms. The van der Waals surface area contributed by atoms with Gasteiger partial charge < -0.3 is 15.0 Å². The van der Waals surface area contributed by atoms with Gasteiger partial charge in [0.05, 0.1) is 12.7 Å². The number of pyridine rings is 1. The number of carbonyl (C=O) groups excluding carboxylic acids is 2. The molecule has 2 heterocycles. The van der Waals surface area contributed by atoms with E-state index in [1.165, 1.54) is 0 Å². The number of aromatic nitrogens is 1. The second kappa shape index (κ2) is 7.79. The quantitative estimate of drug-likeness (QED) is 0.926. The number of amides is 2. The van der Waals surface area contributed by atoms with Crippen LogP contribution < -0.4 is 10.1 Å². The molecule has 0 spiro atoms. The minimum atomic E-state index is -0.0975. The van der Waals surface area contributed by atoms with Gasteiger partial charge in [-0.05, 0) is 49.2 Å². The molecule has 1 saturated heterocycles. The zero-order chi connectivity index (χ0) is 17.6. The Balaban J connectivity index is 1.52. The Kier molecular flexibility index (Phi) is 5.28. The van der Waals surface area contributed by atoms with Crippen molar-refractivity contribution in [2.24, 2.45) is 0 Å². The van der Waals surface area contributed by atoms with Gasteiger partial charge in [-0.25, -0.2) is 0 Å². The molecule has 1 aromatic carbocycles. The van der Waals surface area contributed by atoms with Crippen molar-refractivity contribution in [1.29, 1.82) is 0 Å². The number of carbonyl (C=O) groups is 2. The van der Waals surface area contributed by atoms with Gasteiger partial charge in [0.1, 0.15) is 5.75 Å². The lowest BCUT2D eigenvalue weighted by atomic mass is 10.0. The molecule has 0 unspecified atom stereocenters. The average molecular weight is 339 g/mol. The third kappa shape index (κ3) is 4.15. The Morgan fingerprint density at radius 3 is 2.44 bits per heavy atom. The highest BCUT2D eigenvalue weighted by molar-refractivity contribution is 5.95. The van der Waals surface area contributed by atoms with Crippen LogP contribution in [0.1, 0.15) is 33.6 Å². The number of methoxy groups -OCH3 is 1. The minimum absolute atomic E-state index is 0.00645. The number of nitrogens with one attached hydrogen (secondary N) is 1. The Morgan fingerprint density at radius 2 is 1.84 bits per heavy atom. The van der Waals surface area contributed by atoms with Gasteiger partial charge in [0.25, 0.3) is 11.8 Å². The Labute approximate surface area is 146 Å². The zero-order valence-electron chi connectivity index (χ0n) is 14.1. The van der Waals surface area contributed by atoms with Crippen LogP contribution in [0, 0.1) is 0 Å². The van der Waals surface area contributed by atoms with E-state index in [9.17, 15) is 9.59 Å². The van der Waals surface area contributed by atoms with Gasteiger partial charge >= 0.3 is 0 Å². The lowest BCUT2D eigenvalue weighted by Crippen LogP contribution is -2.46. The number of hydrogen-bond acceptors (Lipinski definition) is 4. The number of ether oxygens (including phenoxy) is 1. The molecule has 1 N–H and O–H groups in total. The number of likely N-dealkylation sites (tertiary alicyclic amines) is 1. The van der Waals surface area contributed by atoms with Crippen LogP contribution in [-0.4, -0.2) is 47.9 Å². The summed E-state index contributed by atoms with van der Waals surface area (Å²) in [5.41, 5.74) is 1.21. The second-order valence-corrected chi connectivity index (χ2v) is 6.01. The maximum absolute atomic E-state index is 12.4. The standard InChI is InChI=1S/C19H21N3O3/c1-25-17-6-4-14(5-7-17)18(23)21-16-8-11-22(12-9-16)19(24)15-3-2-10-20-13-15/h2-7,10,13,16H,8-9,11-12H2,1H3,(H,21,23). The smallest absolute Gasteiger partial charge is 0.255 e. The van der Waals surface area contributed by atoms with Crippen LogP contribution in [-0.2, 0) is 0 Å². The highest BCUT2D eigenvalue weighted by Gasteiger charge is 2.24. The van der Waals surface area contributed by atoms with E-state index in [-0.39, 0.29) is 17.9 Å². The third-order valence-electron chi connectivity index (χ3n) is 4.38. The van der Waals surface area contributed by atoms with Crippen LogP contribution in [0.25, 0.3) is 0 Å². The van der Waals surface area contributed by atoms with E-state index in [4.69, 9.17) is 4.74 Å². The molecule has 0 radical (unpaired) electrons. The minimum Gasteiger partial charge on any atom is -0.497 e. The number of rotatable bonds is 4. The first kappa shape index (κ1) is 17.0. The molecule has 25 heavy (non-hydrogen) atoms. The summed E-state index contributed by atoms with van der Waals surface area (Å²) in [5, 5.41) is 3.04. The van der Waals surface area contributed by atoms with Gasteiger partial charge in [0.2, 0.25) is 0 Å². The van der Waals surface area contributed by atoms with Crippen molar-refractivity contribution >= 4 is 11.8 Å². The van der Waals surface area contributed by atoms with Gasteiger partial charge in [-0.1, -0.05) is 0 Å². The SMILES string of the molecule is COc1ccc(C(=O)NC2CCN(C(=O)c3cccnc3)CC2)cc1. The molecule has 3 rings (SSSR count). The van der Waals surface area contributed by atoms with E-state index in [2.05, 4.69) is 10.3 Å². The van der Waals surface area contributed by atoms with E-state index in [1.54, 1.807) is 55.9 Å². The van der Waals surface area contributed by atoms with E-state index in [0.717, 1.165) is 18.6 Å². The molecule has 1 fully saturated rings. The molecule has 2 amide bonds. The van der Waals surface area contributed by atoms with Crippen LogP contribution in [0.5, 0.6) is 5.75 Å². The summed E-state index contributed by atoms with van der Waals surface area (Å²) in [6.45, 7) is 1.25. The number of nitrogens with zero attached hydrogens (tertiary/aromatic N) is 2. The van der Waals surface area contributed by atoms with Crippen molar-refractivity contribution < 1.29 is 14.3 Å². The van der Waals surface area contributed by atoms with Crippen LogP contribution in [0.15, 0.2) is 48.8 Å². The molecule has 6 nitrogen and oxygen atoms in total. The topological polar surface area (TPSA) is 71.5 Å². The molecule has 130 valence electrons. The zero-order valence-corrected chi connectivity index (χ0v) is 14.1. The van der Waals surface area contributed by atoms with Crippen LogP contribution in [0.2, 0.25) is 0 Å². The van der Waals surface area contributed by atoms with E-state index in [1.807, 2.05) is 4.90 Å². The van der Waals surface area contributed by atoms with Gasteiger partial charge in [0, 0.05) is 37.1 Å². The molecular formula is C19H21N3O3. The molecular weight excluding hydrogens is 318 g/mol. The van der Waals surface area contributed by atoms with E-state index < -0.39 is 0 Å².